The molecule has 1 saturated heterocycles. The van der Waals surface area contributed by atoms with E-state index in [1.165, 1.54) is 36.2 Å². The van der Waals surface area contributed by atoms with Crippen LogP contribution in [-0.2, 0) is 6.42 Å². The number of likely N-dealkylation sites (tertiary alicyclic amines) is 1. The van der Waals surface area contributed by atoms with E-state index in [0.29, 0.717) is 24.0 Å². The van der Waals surface area contributed by atoms with Gasteiger partial charge >= 0.3 is 0 Å². The molecule has 1 fully saturated rings. The predicted octanol–water partition coefficient (Wildman–Crippen LogP) is 3.76. The molecule has 2 aromatic heterocycles. The maximum Gasteiger partial charge on any atom is 0.0921 e. The third-order valence-corrected chi connectivity index (χ3v) is 6.31. The minimum absolute atomic E-state index is 0.396. The van der Waals surface area contributed by atoms with E-state index in [4.69, 9.17) is 4.98 Å². The van der Waals surface area contributed by atoms with Crippen molar-refractivity contribution in [2.45, 2.75) is 64.1 Å². The molecule has 0 aliphatic carbocycles. The zero-order chi connectivity index (χ0) is 18.6. The molecule has 144 valence electrons. The normalized spacial score (nSPS) is 28.8. The highest BCUT2D eigenvalue weighted by Gasteiger charge is 2.39. The molecule has 0 amide bonds. The Morgan fingerprint density at radius 2 is 2.22 bits per heavy atom. The summed E-state index contributed by atoms with van der Waals surface area (Å²) in [6, 6.07) is 5.68. The van der Waals surface area contributed by atoms with E-state index in [2.05, 4.69) is 52.4 Å². The third-order valence-electron chi connectivity index (χ3n) is 6.31. The molecule has 27 heavy (non-hydrogen) atoms. The maximum atomic E-state index is 4.80. The highest BCUT2D eigenvalue weighted by molar-refractivity contribution is 5.22. The van der Waals surface area contributed by atoms with Crippen LogP contribution >= 0.6 is 0 Å². The largest absolute Gasteiger partial charge is 0.387 e. The quantitative estimate of drug-likeness (QED) is 0.847. The van der Waals surface area contributed by atoms with Gasteiger partial charge in [-0.25, -0.2) is 4.98 Å². The molecule has 0 radical (unpaired) electrons. The lowest BCUT2D eigenvalue weighted by Gasteiger charge is -2.47. The van der Waals surface area contributed by atoms with Gasteiger partial charge < -0.3 is 10.3 Å². The lowest BCUT2D eigenvalue weighted by Crippen LogP contribution is -2.56. The number of pyridine rings is 1. The van der Waals surface area contributed by atoms with Crippen LogP contribution in [0.25, 0.3) is 0 Å². The lowest BCUT2D eigenvalue weighted by molar-refractivity contribution is 0.0451. The number of nitrogens with zero attached hydrogens (tertiary/aromatic N) is 3. The van der Waals surface area contributed by atoms with Gasteiger partial charge in [-0.15, -0.1) is 0 Å². The lowest BCUT2D eigenvalue weighted by atomic mass is 9.82. The van der Waals surface area contributed by atoms with Crippen molar-refractivity contribution in [1.82, 2.24) is 25.2 Å². The smallest absolute Gasteiger partial charge is 0.0921 e. The Morgan fingerprint density at radius 1 is 1.30 bits per heavy atom. The van der Waals surface area contributed by atoms with E-state index in [0.717, 1.165) is 19.4 Å². The van der Waals surface area contributed by atoms with Crippen LogP contribution in [-0.4, -0.2) is 38.5 Å². The van der Waals surface area contributed by atoms with Crippen LogP contribution in [0.5, 0.6) is 0 Å². The first-order valence-corrected chi connectivity index (χ1v) is 10.3. The van der Waals surface area contributed by atoms with E-state index in [1.807, 2.05) is 18.5 Å². The Hall–Kier alpha value is -2.14. The zero-order valence-corrected chi connectivity index (χ0v) is 16.4. The number of aromatic nitrogens is 3. The number of nitrogens with one attached hydrogen (secondary N) is 2. The van der Waals surface area contributed by atoms with Crippen molar-refractivity contribution < 1.29 is 0 Å². The van der Waals surface area contributed by atoms with Gasteiger partial charge in [-0.05, 0) is 56.4 Å². The summed E-state index contributed by atoms with van der Waals surface area (Å²) in [6.45, 7) is 5.61. The molecule has 2 N–H and O–H groups in total. The minimum Gasteiger partial charge on any atom is -0.387 e. The number of piperidine rings is 1. The fraction of sp³-hybridized carbons (Fsp3) is 0.545. The molecule has 4 unspecified atom stereocenters. The molecule has 0 aromatic carbocycles. The van der Waals surface area contributed by atoms with Crippen molar-refractivity contribution in [3.8, 4) is 0 Å². The van der Waals surface area contributed by atoms with Crippen LogP contribution in [0.2, 0.25) is 0 Å². The molecule has 0 spiro atoms. The summed E-state index contributed by atoms with van der Waals surface area (Å²) in [5.41, 5.74) is 3.77. The summed E-state index contributed by atoms with van der Waals surface area (Å²) in [5.74, 6) is 0.651. The molecule has 0 saturated carbocycles. The zero-order valence-electron chi connectivity index (χ0n) is 16.4. The number of aromatic amines is 1. The first-order chi connectivity index (χ1) is 13.2. The number of imidazole rings is 1. The average molecular weight is 366 g/mol. The highest BCUT2D eigenvalue weighted by atomic mass is 15.2. The minimum atomic E-state index is 0.396. The SMILES string of the molecule is Cc1cccnc1C1CCCC(C2NC=CCC2C)N1CCc1cnc[nH]1. The number of aryl methyl sites for hydroxylation is 1. The molecule has 4 atom stereocenters. The van der Waals surface area contributed by atoms with Crippen LogP contribution in [0.4, 0.5) is 0 Å². The molecule has 4 rings (SSSR count). The van der Waals surface area contributed by atoms with Gasteiger partial charge in [0.2, 0.25) is 0 Å². The summed E-state index contributed by atoms with van der Waals surface area (Å²) in [6.07, 6.45) is 16.0. The predicted molar refractivity (Wildman–Crippen MR) is 108 cm³/mol. The fourth-order valence-electron chi connectivity index (χ4n) is 4.87. The van der Waals surface area contributed by atoms with Crippen LogP contribution in [0.15, 0.2) is 43.1 Å². The second-order valence-electron chi connectivity index (χ2n) is 8.09. The van der Waals surface area contributed by atoms with Crippen LogP contribution < -0.4 is 5.32 Å². The Morgan fingerprint density at radius 3 is 3.00 bits per heavy atom. The summed E-state index contributed by atoms with van der Waals surface area (Å²) in [4.78, 5) is 15.0. The Labute approximate surface area is 162 Å². The fourth-order valence-corrected chi connectivity index (χ4v) is 4.87. The van der Waals surface area contributed by atoms with Crippen LogP contribution in [0.3, 0.4) is 0 Å². The van der Waals surface area contributed by atoms with Gasteiger partial charge in [0.25, 0.3) is 0 Å². The molecule has 4 heterocycles. The summed E-state index contributed by atoms with van der Waals surface area (Å²) in [7, 11) is 0. The van der Waals surface area contributed by atoms with Gasteiger partial charge in [0, 0.05) is 43.1 Å². The Balaban J connectivity index is 1.62. The summed E-state index contributed by atoms with van der Waals surface area (Å²) in [5, 5.41) is 3.69. The van der Waals surface area contributed by atoms with Gasteiger partial charge in [-0.2, -0.15) is 0 Å². The topological polar surface area (TPSA) is 56.8 Å². The molecule has 5 nitrogen and oxygen atoms in total. The summed E-state index contributed by atoms with van der Waals surface area (Å²) < 4.78 is 0. The molecule has 0 bridgehead atoms. The van der Waals surface area contributed by atoms with E-state index in [9.17, 15) is 0 Å². The monoisotopic (exact) mass is 365 g/mol. The van der Waals surface area contributed by atoms with Crippen molar-refractivity contribution in [3.63, 3.8) is 0 Å². The maximum absolute atomic E-state index is 4.80. The van der Waals surface area contributed by atoms with E-state index in [-0.39, 0.29) is 0 Å². The van der Waals surface area contributed by atoms with E-state index < -0.39 is 0 Å². The van der Waals surface area contributed by atoms with Gasteiger partial charge in [-0.3, -0.25) is 9.88 Å². The van der Waals surface area contributed by atoms with Crippen LogP contribution in [0.1, 0.15) is 55.6 Å². The first kappa shape index (κ1) is 18.2. The van der Waals surface area contributed by atoms with Crippen molar-refractivity contribution in [2.75, 3.05) is 6.54 Å². The standard InChI is InChI=1S/C22H31N5/c1-16-6-4-11-24-21(16)19-8-3-9-20(22-17(2)7-5-12-25-22)27(19)13-10-18-14-23-15-26-18/h4-6,11-12,14-15,17,19-20,22,25H,3,7-10,13H2,1-2H3,(H,23,26). The Bertz CT molecular complexity index is 754. The number of rotatable bonds is 5. The number of allylic oxidation sites excluding steroid dienone is 1. The van der Waals surface area contributed by atoms with E-state index >= 15 is 0 Å². The second kappa shape index (κ2) is 8.26. The average Bonchev–Trinajstić information content (AvgIpc) is 3.21. The molecule has 2 aliphatic heterocycles. The van der Waals surface area contributed by atoms with Gasteiger partial charge in [-0.1, -0.05) is 19.1 Å². The van der Waals surface area contributed by atoms with Crippen LogP contribution in [0, 0.1) is 12.8 Å². The van der Waals surface area contributed by atoms with Gasteiger partial charge in [0.05, 0.1) is 18.1 Å². The van der Waals surface area contributed by atoms with Crippen molar-refractivity contribution >= 4 is 0 Å². The van der Waals surface area contributed by atoms with Crippen molar-refractivity contribution in [1.29, 1.82) is 0 Å². The Kier molecular flexibility index (Phi) is 5.58. The molecule has 5 heteroatoms. The van der Waals surface area contributed by atoms with Gasteiger partial charge in [0.1, 0.15) is 0 Å². The number of hydrogen-bond donors (Lipinski definition) is 2. The van der Waals surface area contributed by atoms with Crippen molar-refractivity contribution in [2.24, 2.45) is 5.92 Å². The van der Waals surface area contributed by atoms with Gasteiger partial charge in [0.15, 0.2) is 0 Å². The molecule has 2 aromatic rings. The van der Waals surface area contributed by atoms with Crippen molar-refractivity contribution in [3.05, 3.63) is 60.1 Å². The molecular formula is C22H31N5. The number of hydrogen-bond acceptors (Lipinski definition) is 4. The summed E-state index contributed by atoms with van der Waals surface area (Å²) >= 11 is 0. The number of H-pyrrole nitrogens is 1. The molecular weight excluding hydrogens is 334 g/mol. The second-order valence-corrected chi connectivity index (χ2v) is 8.09. The third kappa shape index (κ3) is 3.93. The molecule has 2 aliphatic rings. The highest BCUT2D eigenvalue weighted by Crippen LogP contribution is 2.38. The van der Waals surface area contributed by atoms with E-state index in [1.54, 1.807) is 6.33 Å². The first-order valence-electron chi connectivity index (χ1n) is 10.3.